The smallest absolute Gasteiger partial charge is 0.335 e. The fourth-order valence-electron chi connectivity index (χ4n) is 4.48. The number of nitrogens with zero attached hydrogens (tertiary/aromatic N) is 1. The Hall–Kier alpha value is -1.55. The first-order chi connectivity index (χ1) is 17.3. The van der Waals surface area contributed by atoms with Crippen molar-refractivity contribution in [2.45, 2.75) is 135 Å². The topological polar surface area (TPSA) is 60.4 Å². The standard InChI is InChI=1S/C25H54N.C7H6O3/c1-5-6-7-8-9-10-11-12-13-14-15-16-17-18-19-20-21-22-23-24-25-26(2,3)4;8-6-4-2-1-3-5(6)7(9)10/h5-25H2,1-4H3;1-4,8H,(H,9,10)/q+1;/p-1. The van der Waals surface area contributed by atoms with E-state index in [2.05, 4.69) is 28.1 Å². The highest BCUT2D eigenvalue weighted by molar-refractivity contribution is 5.90. The molecule has 0 heterocycles. The maximum Gasteiger partial charge on any atom is 0.335 e. The summed E-state index contributed by atoms with van der Waals surface area (Å²) in [6, 6.07) is 5.54. The predicted molar refractivity (Wildman–Crippen MR) is 154 cm³/mol. The molecule has 0 spiro atoms. The summed E-state index contributed by atoms with van der Waals surface area (Å²) < 4.78 is 1.12. The van der Waals surface area contributed by atoms with Crippen molar-refractivity contribution in [1.29, 1.82) is 0 Å². The third-order valence-electron chi connectivity index (χ3n) is 6.80. The second-order valence-corrected chi connectivity index (χ2v) is 11.5. The number of unbranched alkanes of at least 4 members (excludes halogenated alkanes) is 19. The predicted octanol–water partition coefficient (Wildman–Crippen LogP) is 8.97. The fraction of sp³-hybridized carbons (Fsp3) is 0.781. The summed E-state index contributed by atoms with van der Waals surface area (Å²) in [5.41, 5.74) is -0.178. The number of carboxylic acid groups (broad SMARTS) is 1. The average Bonchev–Trinajstić information content (AvgIpc) is 2.82. The number of quaternary nitrogens is 1. The molecule has 4 nitrogen and oxygen atoms in total. The van der Waals surface area contributed by atoms with Crippen LogP contribution in [0.2, 0.25) is 0 Å². The van der Waals surface area contributed by atoms with Crippen molar-refractivity contribution in [3.05, 3.63) is 29.8 Å². The van der Waals surface area contributed by atoms with Gasteiger partial charge in [-0.3, -0.25) is 0 Å². The van der Waals surface area contributed by atoms with Crippen LogP contribution in [0.15, 0.2) is 24.3 Å². The number of carboxylic acids is 1. The Morgan fingerprint density at radius 3 is 1.25 bits per heavy atom. The van der Waals surface area contributed by atoms with Gasteiger partial charge in [0, 0.05) is 0 Å². The van der Waals surface area contributed by atoms with Crippen molar-refractivity contribution in [2.24, 2.45) is 0 Å². The summed E-state index contributed by atoms with van der Waals surface area (Å²) in [7, 11) is 6.90. The van der Waals surface area contributed by atoms with E-state index in [-0.39, 0.29) is 5.56 Å². The molecule has 0 aliphatic heterocycles. The van der Waals surface area contributed by atoms with Crippen molar-refractivity contribution in [3.8, 4) is 5.75 Å². The van der Waals surface area contributed by atoms with Crippen LogP contribution in [0.1, 0.15) is 146 Å². The summed E-state index contributed by atoms with van der Waals surface area (Å²) in [4.78, 5) is 10.2. The monoisotopic (exact) mass is 505 g/mol. The van der Waals surface area contributed by atoms with Crippen LogP contribution in [0.5, 0.6) is 5.75 Å². The summed E-state index contributed by atoms with van der Waals surface area (Å²) >= 11 is 0. The normalized spacial score (nSPS) is 11.2. The second-order valence-electron chi connectivity index (χ2n) is 11.5. The van der Waals surface area contributed by atoms with E-state index in [0.29, 0.717) is 0 Å². The molecule has 1 aromatic rings. The summed E-state index contributed by atoms with van der Waals surface area (Å²) in [5.74, 6) is -1.62. The van der Waals surface area contributed by atoms with E-state index in [0.717, 1.165) is 4.48 Å². The number of aromatic carboxylic acids is 1. The van der Waals surface area contributed by atoms with Crippen molar-refractivity contribution in [2.75, 3.05) is 27.7 Å². The Morgan fingerprint density at radius 1 is 0.639 bits per heavy atom. The van der Waals surface area contributed by atoms with E-state index >= 15 is 0 Å². The molecule has 0 unspecified atom stereocenters. The first kappa shape index (κ1) is 34.5. The van der Waals surface area contributed by atoms with Crippen LogP contribution >= 0.6 is 0 Å². The lowest BCUT2D eigenvalue weighted by Crippen LogP contribution is -2.35. The van der Waals surface area contributed by atoms with E-state index in [9.17, 15) is 9.90 Å². The molecule has 0 bridgehead atoms. The highest BCUT2D eigenvalue weighted by atomic mass is 16.4. The van der Waals surface area contributed by atoms with Crippen molar-refractivity contribution >= 4 is 5.97 Å². The zero-order chi connectivity index (χ0) is 26.9. The molecule has 0 atom stereocenters. The molecular formula is C32H59NO3. The maximum atomic E-state index is 10.7. The summed E-state index contributed by atoms with van der Waals surface area (Å²) in [6.45, 7) is 3.63. The number of hydrogen-bond donors (Lipinski definition) is 1. The van der Waals surface area contributed by atoms with Crippen LogP contribution in [-0.4, -0.2) is 43.2 Å². The van der Waals surface area contributed by atoms with Crippen LogP contribution in [0, 0.1) is 0 Å². The van der Waals surface area contributed by atoms with Crippen LogP contribution in [0.25, 0.3) is 0 Å². The Bertz CT molecular complexity index is 624. The Balaban J connectivity index is 0.00000101. The minimum absolute atomic E-state index is 0.178. The van der Waals surface area contributed by atoms with Crippen molar-refractivity contribution in [1.82, 2.24) is 0 Å². The van der Waals surface area contributed by atoms with E-state index in [1.807, 2.05) is 0 Å². The van der Waals surface area contributed by atoms with Gasteiger partial charge in [0.25, 0.3) is 0 Å². The van der Waals surface area contributed by atoms with Gasteiger partial charge in [0.2, 0.25) is 0 Å². The quantitative estimate of drug-likeness (QED) is 0.126. The minimum Gasteiger partial charge on any atom is -0.872 e. The number of benzene rings is 1. The Labute approximate surface area is 224 Å². The van der Waals surface area contributed by atoms with E-state index in [1.165, 1.54) is 159 Å². The van der Waals surface area contributed by atoms with Gasteiger partial charge in [-0.2, -0.15) is 0 Å². The van der Waals surface area contributed by atoms with Crippen LogP contribution in [0.4, 0.5) is 0 Å². The van der Waals surface area contributed by atoms with Gasteiger partial charge in [-0.05, 0) is 18.9 Å². The molecule has 210 valence electrons. The summed E-state index contributed by atoms with van der Waals surface area (Å²) in [6.07, 6.45) is 29.3. The molecule has 0 aliphatic carbocycles. The van der Waals surface area contributed by atoms with Gasteiger partial charge in [-0.15, -0.1) is 0 Å². The van der Waals surface area contributed by atoms with E-state index < -0.39 is 11.7 Å². The molecule has 0 saturated carbocycles. The van der Waals surface area contributed by atoms with Crippen molar-refractivity contribution in [3.63, 3.8) is 0 Å². The molecule has 36 heavy (non-hydrogen) atoms. The van der Waals surface area contributed by atoms with Crippen LogP contribution in [0.3, 0.4) is 0 Å². The highest BCUT2D eigenvalue weighted by Crippen LogP contribution is 2.15. The van der Waals surface area contributed by atoms with Gasteiger partial charge in [-0.25, -0.2) is 4.79 Å². The molecule has 1 aromatic carbocycles. The molecule has 0 aromatic heterocycles. The summed E-state index contributed by atoms with van der Waals surface area (Å²) in [5, 5.41) is 19.0. The lowest BCUT2D eigenvalue weighted by molar-refractivity contribution is -0.870. The fourth-order valence-corrected chi connectivity index (χ4v) is 4.48. The van der Waals surface area contributed by atoms with Gasteiger partial charge < -0.3 is 14.7 Å². The molecule has 0 fully saturated rings. The SMILES string of the molecule is CCCCCCCCCCCCCCCCCCCCCC[N+](C)(C)C.O=C(O)c1ccccc1[O-]. The lowest BCUT2D eigenvalue weighted by Gasteiger charge is -2.23. The first-order valence-corrected chi connectivity index (χ1v) is 15.1. The third-order valence-corrected chi connectivity index (χ3v) is 6.80. The number of rotatable bonds is 22. The minimum atomic E-state index is -1.18. The van der Waals surface area contributed by atoms with Crippen LogP contribution < -0.4 is 5.11 Å². The zero-order valence-corrected chi connectivity index (χ0v) is 24.4. The van der Waals surface area contributed by atoms with Gasteiger partial charge in [0.1, 0.15) is 0 Å². The van der Waals surface area contributed by atoms with E-state index in [4.69, 9.17) is 5.11 Å². The van der Waals surface area contributed by atoms with Gasteiger partial charge in [0.15, 0.2) is 0 Å². The lowest BCUT2D eigenvalue weighted by atomic mass is 10.0. The second kappa shape index (κ2) is 23.8. The van der Waals surface area contributed by atoms with E-state index in [1.54, 1.807) is 0 Å². The van der Waals surface area contributed by atoms with Gasteiger partial charge >= 0.3 is 5.97 Å². The molecule has 0 aliphatic rings. The molecular weight excluding hydrogens is 446 g/mol. The first-order valence-electron chi connectivity index (χ1n) is 15.1. The Kier molecular flexibility index (Phi) is 22.8. The third kappa shape index (κ3) is 24.2. The van der Waals surface area contributed by atoms with Crippen molar-refractivity contribution < 1.29 is 19.5 Å². The van der Waals surface area contributed by atoms with Gasteiger partial charge in [0.05, 0.1) is 33.3 Å². The maximum absolute atomic E-state index is 10.7. The largest absolute Gasteiger partial charge is 0.872 e. The number of carbonyl (C=O) groups is 1. The molecule has 0 radical (unpaired) electrons. The Morgan fingerprint density at radius 2 is 0.972 bits per heavy atom. The molecule has 0 saturated heterocycles. The number of para-hydroxylation sites is 1. The van der Waals surface area contributed by atoms with Crippen LogP contribution in [-0.2, 0) is 0 Å². The molecule has 1 N–H and O–H groups in total. The average molecular weight is 506 g/mol. The molecule has 0 amide bonds. The highest BCUT2D eigenvalue weighted by Gasteiger charge is 2.05. The van der Waals surface area contributed by atoms with Gasteiger partial charge in [-0.1, -0.05) is 146 Å². The number of hydrogen-bond acceptors (Lipinski definition) is 2. The molecule has 1 rings (SSSR count). The molecule has 4 heteroatoms. The zero-order valence-electron chi connectivity index (χ0n) is 24.4.